The number of amides is 1. The molecule has 0 atom stereocenters. The fourth-order valence-corrected chi connectivity index (χ4v) is 7.64. The normalized spacial score (nSPS) is 13.3. The Kier molecular flexibility index (Phi) is 9.21. The minimum Gasteiger partial charge on any atom is -0.495 e. The van der Waals surface area contributed by atoms with Crippen LogP contribution >= 0.6 is 0 Å². The Morgan fingerprint density at radius 3 is 2.09 bits per heavy atom. The first kappa shape index (κ1) is 31.7. The quantitative estimate of drug-likeness (QED) is 0.227. The van der Waals surface area contributed by atoms with Crippen LogP contribution in [0.15, 0.2) is 101 Å². The van der Waals surface area contributed by atoms with E-state index in [4.69, 9.17) is 9.47 Å². The molecule has 4 aromatic carbocycles. The molecular formula is C32H34N4O7S2. The van der Waals surface area contributed by atoms with Crippen LogP contribution in [0.4, 0.5) is 22.7 Å². The lowest BCUT2D eigenvalue weighted by molar-refractivity contribution is 0.102. The minimum absolute atomic E-state index is 0.00826. The summed E-state index contributed by atoms with van der Waals surface area (Å²) in [4.78, 5) is 15.2. The average molecular weight is 651 g/mol. The summed E-state index contributed by atoms with van der Waals surface area (Å²) in [6.45, 7) is 1.43. The molecule has 0 aliphatic carbocycles. The Labute approximate surface area is 263 Å². The van der Waals surface area contributed by atoms with Gasteiger partial charge in [0.1, 0.15) is 16.4 Å². The van der Waals surface area contributed by atoms with Crippen LogP contribution in [0, 0.1) is 0 Å². The number of carbonyl (C=O) groups excluding carboxylic acids is 1. The van der Waals surface area contributed by atoms with Crippen molar-refractivity contribution in [1.82, 2.24) is 0 Å². The van der Waals surface area contributed by atoms with E-state index in [0.717, 1.165) is 17.1 Å². The van der Waals surface area contributed by atoms with E-state index in [9.17, 15) is 21.6 Å². The number of ether oxygens (including phenoxy) is 2. The zero-order valence-corrected chi connectivity index (χ0v) is 26.7. The third-order valence-electron chi connectivity index (χ3n) is 7.50. The standard InChI is InChI=1S/C32H34N4O7S2/c1-35(27-11-5-7-13-30(27)43-3)45(40,41)25-17-14-23(15-18-25)32(37)33-24-16-19-28(36-20-8-9-21-36)31(22-24)44(38,39)34-26-10-4-6-12-29(26)42-2/h4-7,10-19,22,34H,8-9,20-21H2,1-3H3,(H,33,37). The Balaban J connectivity index is 1.39. The summed E-state index contributed by atoms with van der Waals surface area (Å²) in [5.74, 6) is 0.231. The van der Waals surface area contributed by atoms with Crippen molar-refractivity contribution in [2.24, 2.45) is 0 Å². The number of carbonyl (C=O) groups is 1. The van der Waals surface area contributed by atoms with Crippen LogP contribution in [0.1, 0.15) is 23.2 Å². The Morgan fingerprint density at radius 1 is 0.800 bits per heavy atom. The molecule has 0 spiro atoms. The summed E-state index contributed by atoms with van der Waals surface area (Å²) in [5.41, 5.74) is 1.63. The highest BCUT2D eigenvalue weighted by Gasteiger charge is 2.27. The number of hydrogen-bond acceptors (Lipinski definition) is 8. The van der Waals surface area contributed by atoms with E-state index < -0.39 is 26.0 Å². The predicted octanol–water partition coefficient (Wildman–Crippen LogP) is 5.18. The smallest absolute Gasteiger partial charge is 0.264 e. The number of sulfonamides is 2. The molecule has 1 heterocycles. The van der Waals surface area contributed by atoms with Crippen molar-refractivity contribution in [3.63, 3.8) is 0 Å². The van der Waals surface area contributed by atoms with Gasteiger partial charge in [-0.05, 0) is 79.6 Å². The monoisotopic (exact) mass is 650 g/mol. The highest BCUT2D eigenvalue weighted by atomic mass is 32.2. The average Bonchev–Trinajstić information content (AvgIpc) is 3.59. The molecule has 4 aromatic rings. The number of para-hydroxylation sites is 4. The molecule has 0 unspecified atom stereocenters. The van der Waals surface area contributed by atoms with E-state index in [-0.39, 0.29) is 26.7 Å². The van der Waals surface area contributed by atoms with Gasteiger partial charge in [-0.3, -0.25) is 13.8 Å². The molecule has 1 aliphatic rings. The second-order valence-corrected chi connectivity index (χ2v) is 13.9. The van der Waals surface area contributed by atoms with Gasteiger partial charge in [0.15, 0.2) is 0 Å². The fourth-order valence-electron chi connectivity index (χ4n) is 5.11. The highest BCUT2D eigenvalue weighted by Crippen LogP contribution is 2.35. The zero-order valence-electron chi connectivity index (χ0n) is 25.1. The van der Waals surface area contributed by atoms with Gasteiger partial charge in [-0.1, -0.05) is 24.3 Å². The van der Waals surface area contributed by atoms with Gasteiger partial charge in [0.2, 0.25) is 0 Å². The maximum Gasteiger partial charge on any atom is 0.264 e. The van der Waals surface area contributed by atoms with Crippen molar-refractivity contribution >= 4 is 48.7 Å². The van der Waals surface area contributed by atoms with Gasteiger partial charge in [0.25, 0.3) is 26.0 Å². The van der Waals surface area contributed by atoms with Crippen molar-refractivity contribution in [2.75, 3.05) is 53.6 Å². The molecule has 5 rings (SSSR count). The van der Waals surface area contributed by atoms with Gasteiger partial charge in [-0.15, -0.1) is 0 Å². The van der Waals surface area contributed by atoms with Crippen LogP contribution in [0.2, 0.25) is 0 Å². The summed E-state index contributed by atoms with van der Waals surface area (Å²) < 4.78 is 68.4. The molecule has 1 aliphatic heterocycles. The number of methoxy groups -OCH3 is 2. The van der Waals surface area contributed by atoms with Crippen molar-refractivity contribution in [3.05, 3.63) is 96.6 Å². The fraction of sp³-hybridized carbons (Fsp3) is 0.219. The van der Waals surface area contributed by atoms with E-state index >= 15 is 0 Å². The van der Waals surface area contributed by atoms with Crippen molar-refractivity contribution < 1.29 is 31.1 Å². The molecule has 1 fully saturated rings. The van der Waals surface area contributed by atoms with Gasteiger partial charge in [0.05, 0.1) is 36.2 Å². The Bertz CT molecular complexity index is 1910. The third-order valence-corrected chi connectivity index (χ3v) is 10.7. The van der Waals surface area contributed by atoms with Gasteiger partial charge in [0, 0.05) is 31.4 Å². The van der Waals surface area contributed by atoms with Crippen LogP contribution in [0.25, 0.3) is 0 Å². The molecule has 0 bridgehead atoms. The number of rotatable bonds is 11. The summed E-state index contributed by atoms with van der Waals surface area (Å²) >= 11 is 0. The molecule has 2 N–H and O–H groups in total. The maximum absolute atomic E-state index is 13.7. The third kappa shape index (κ3) is 6.69. The summed E-state index contributed by atoms with van der Waals surface area (Å²) in [6, 6.07) is 23.7. The van der Waals surface area contributed by atoms with Crippen LogP contribution in [-0.2, 0) is 20.0 Å². The summed E-state index contributed by atoms with van der Waals surface area (Å²) in [7, 11) is -3.71. The maximum atomic E-state index is 13.7. The van der Waals surface area contributed by atoms with Crippen molar-refractivity contribution in [1.29, 1.82) is 0 Å². The molecule has 0 radical (unpaired) electrons. The second kappa shape index (κ2) is 13.1. The zero-order chi connectivity index (χ0) is 32.2. The van der Waals surface area contributed by atoms with Gasteiger partial charge in [-0.2, -0.15) is 0 Å². The molecule has 1 saturated heterocycles. The molecule has 13 heteroatoms. The minimum atomic E-state index is -4.10. The molecule has 1 amide bonds. The van der Waals surface area contributed by atoms with E-state index in [1.165, 1.54) is 51.6 Å². The first-order chi connectivity index (χ1) is 21.5. The second-order valence-electron chi connectivity index (χ2n) is 10.3. The molecule has 0 saturated carbocycles. The number of benzene rings is 4. The Hall–Kier alpha value is -4.75. The molecule has 11 nitrogen and oxygen atoms in total. The number of nitrogens with zero attached hydrogens (tertiary/aromatic N) is 2. The number of anilines is 4. The first-order valence-corrected chi connectivity index (χ1v) is 17.1. The van der Waals surface area contributed by atoms with Crippen LogP contribution in [-0.4, -0.2) is 57.1 Å². The molecule has 0 aromatic heterocycles. The topological polar surface area (TPSA) is 134 Å². The van der Waals surface area contributed by atoms with Crippen LogP contribution in [0.5, 0.6) is 11.5 Å². The molecule has 236 valence electrons. The van der Waals surface area contributed by atoms with E-state index in [2.05, 4.69) is 10.0 Å². The molecule has 45 heavy (non-hydrogen) atoms. The van der Waals surface area contributed by atoms with Crippen LogP contribution in [0.3, 0.4) is 0 Å². The van der Waals surface area contributed by atoms with Crippen molar-refractivity contribution in [3.8, 4) is 11.5 Å². The summed E-state index contributed by atoms with van der Waals surface area (Å²) in [6.07, 6.45) is 1.89. The SMILES string of the molecule is COc1ccccc1NS(=O)(=O)c1cc(NC(=O)c2ccc(S(=O)(=O)N(C)c3ccccc3OC)cc2)ccc1N1CCCC1. The molecular weight excluding hydrogens is 617 g/mol. The highest BCUT2D eigenvalue weighted by molar-refractivity contribution is 7.93. The van der Waals surface area contributed by atoms with Gasteiger partial charge < -0.3 is 19.7 Å². The lowest BCUT2D eigenvalue weighted by atomic mass is 10.2. The predicted molar refractivity (Wildman–Crippen MR) is 175 cm³/mol. The van der Waals surface area contributed by atoms with Crippen LogP contribution < -0.4 is 28.7 Å². The van der Waals surface area contributed by atoms with Gasteiger partial charge in [-0.25, -0.2) is 16.8 Å². The van der Waals surface area contributed by atoms with Crippen molar-refractivity contribution in [2.45, 2.75) is 22.6 Å². The van der Waals surface area contributed by atoms with Gasteiger partial charge >= 0.3 is 0 Å². The summed E-state index contributed by atoms with van der Waals surface area (Å²) in [5, 5.41) is 2.75. The van der Waals surface area contributed by atoms with E-state index in [1.807, 2.05) is 4.90 Å². The van der Waals surface area contributed by atoms with E-state index in [1.54, 1.807) is 60.7 Å². The lowest BCUT2D eigenvalue weighted by Gasteiger charge is -2.23. The Morgan fingerprint density at radius 2 is 1.42 bits per heavy atom. The number of hydrogen-bond donors (Lipinski definition) is 2. The first-order valence-electron chi connectivity index (χ1n) is 14.1. The van der Waals surface area contributed by atoms with E-state index in [0.29, 0.717) is 36.0 Å². The lowest BCUT2D eigenvalue weighted by Crippen LogP contribution is -2.27. The number of nitrogens with one attached hydrogen (secondary N) is 2. The largest absolute Gasteiger partial charge is 0.495 e.